The Morgan fingerprint density at radius 2 is 2.20 bits per heavy atom. The molecule has 0 spiro atoms. The predicted octanol–water partition coefficient (Wildman–Crippen LogP) is -0.144. The molecule has 5 nitrogen and oxygen atoms in total. The summed E-state index contributed by atoms with van der Waals surface area (Å²) in [6.45, 7) is 8.11. The number of hydrogen-bond donors (Lipinski definition) is 2. The van der Waals surface area contributed by atoms with Gasteiger partial charge in [-0.25, -0.2) is 0 Å². The molecule has 0 radical (unpaired) electrons. The molecule has 1 fully saturated rings. The van der Waals surface area contributed by atoms with Gasteiger partial charge >= 0.3 is 7.12 Å². The average Bonchev–Trinajstić information content (AvgIpc) is 2.41. The predicted molar refractivity (Wildman–Crippen MR) is 78.2 cm³/mol. The summed E-state index contributed by atoms with van der Waals surface area (Å²) in [4.78, 5) is 2.35. The molecule has 6 heteroatoms. The third kappa shape index (κ3) is 3.96. The van der Waals surface area contributed by atoms with Crippen molar-refractivity contribution in [1.82, 2.24) is 4.90 Å². The molecule has 1 aromatic rings. The van der Waals surface area contributed by atoms with E-state index in [2.05, 4.69) is 18.7 Å². The minimum atomic E-state index is -1.46. The Hall–Kier alpha value is -1.08. The van der Waals surface area contributed by atoms with Gasteiger partial charge in [-0.2, -0.15) is 0 Å². The fourth-order valence-electron chi connectivity index (χ4n) is 2.34. The highest BCUT2D eigenvalue weighted by Gasteiger charge is 2.29. The molecule has 1 heterocycles. The van der Waals surface area contributed by atoms with Crippen LogP contribution in [0, 0.1) is 0 Å². The molecule has 0 amide bonds. The quantitative estimate of drug-likeness (QED) is 0.734. The van der Waals surface area contributed by atoms with E-state index in [1.165, 1.54) is 0 Å². The van der Waals surface area contributed by atoms with Crippen molar-refractivity contribution in [2.75, 3.05) is 32.9 Å². The Morgan fingerprint density at radius 1 is 1.40 bits per heavy atom. The second-order valence-electron chi connectivity index (χ2n) is 5.65. The summed E-state index contributed by atoms with van der Waals surface area (Å²) in [5.41, 5.74) is 0.472. The maximum atomic E-state index is 9.12. The van der Waals surface area contributed by atoms with Crippen LogP contribution in [0.3, 0.4) is 0 Å². The van der Waals surface area contributed by atoms with E-state index in [4.69, 9.17) is 19.5 Å². The molecule has 110 valence electrons. The first-order chi connectivity index (χ1) is 9.49. The van der Waals surface area contributed by atoms with Crippen molar-refractivity contribution < 1.29 is 19.5 Å². The van der Waals surface area contributed by atoms with Crippen LogP contribution in [-0.4, -0.2) is 60.5 Å². The van der Waals surface area contributed by atoms with Gasteiger partial charge in [0, 0.05) is 18.6 Å². The molecule has 1 aliphatic heterocycles. The highest BCUT2D eigenvalue weighted by molar-refractivity contribution is 6.58. The van der Waals surface area contributed by atoms with Gasteiger partial charge in [0.05, 0.1) is 13.2 Å². The number of rotatable bonds is 5. The lowest BCUT2D eigenvalue weighted by Crippen LogP contribution is -2.54. The van der Waals surface area contributed by atoms with Gasteiger partial charge in [0.2, 0.25) is 0 Å². The van der Waals surface area contributed by atoms with Gasteiger partial charge < -0.3 is 19.5 Å². The third-order valence-corrected chi connectivity index (χ3v) is 3.60. The van der Waals surface area contributed by atoms with Gasteiger partial charge in [-0.3, -0.25) is 4.90 Å². The van der Waals surface area contributed by atoms with Crippen LogP contribution in [0.4, 0.5) is 0 Å². The van der Waals surface area contributed by atoms with E-state index in [-0.39, 0.29) is 5.54 Å². The zero-order valence-corrected chi connectivity index (χ0v) is 12.1. The van der Waals surface area contributed by atoms with Gasteiger partial charge in [0.25, 0.3) is 0 Å². The van der Waals surface area contributed by atoms with Crippen LogP contribution in [0.25, 0.3) is 0 Å². The van der Waals surface area contributed by atoms with Gasteiger partial charge in [0.15, 0.2) is 0 Å². The number of hydrogen-bond acceptors (Lipinski definition) is 5. The maximum Gasteiger partial charge on any atom is 0.488 e. The molecule has 0 aromatic heterocycles. The molecule has 2 N–H and O–H groups in total. The van der Waals surface area contributed by atoms with E-state index in [1.807, 2.05) is 6.07 Å². The first kappa shape index (κ1) is 15.3. The van der Waals surface area contributed by atoms with Gasteiger partial charge in [-0.1, -0.05) is 12.1 Å². The van der Waals surface area contributed by atoms with Crippen molar-refractivity contribution >= 4 is 12.6 Å². The number of morpholine rings is 1. The number of benzene rings is 1. The molecule has 1 saturated heterocycles. The molecular formula is C14H22BNO4. The summed E-state index contributed by atoms with van der Waals surface area (Å²) in [5.74, 6) is 0.654. The normalized spacial score (nSPS) is 18.8. The molecule has 0 saturated carbocycles. The monoisotopic (exact) mass is 279 g/mol. The molecule has 0 aliphatic carbocycles. The Labute approximate surface area is 120 Å². The Balaban J connectivity index is 1.85. The second-order valence-corrected chi connectivity index (χ2v) is 5.65. The first-order valence-corrected chi connectivity index (χ1v) is 6.91. The molecule has 1 aromatic carbocycles. The summed E-state index contributed by atoms with van der Waals surface area (Å²) in [7, 11) is -1.46. The molecule has 0 unspecified atom stereocenters. The minimum absolute atomic E-state index is 0.0325. The fourth-order valence-corrected chi connectivity index (χ4v) is 2.34. The Morgan fingerprint density at radius 3 is 2.90 bits per heavy atom. The van der Waals surface area contributed by atoms with Gasteiger partial charge in [0.1, 0.15) is 12.4 Å². The van der Waals surface area contributed by atoms with Gasteiger partial charge in [-0.05, 0) is 31.4 Å². The molecular weight excluding hydrogens is 257 g/mol. The van der Waals surface area contributed by atoms with E-state index >= 15 is 0 Å². The van der Waals surface area contributed by atoms with Crippen LogP contribution in [0.2, 0.25) is 0 Å². The maximum absolute atomic E-state index is 9.12. The molecule has 0 bridgehead atoms. The van der Waals surface area contributed by atoms with Crippen LogP contribution in [0.1, 0.15) is 13.8 Å². The van der Waals surface area contributed by atoms with Crippen LogP contribution >= 0.6 is 0 Å². The topological polar surface area (TPSA) is 62.2 Å². The SMILES string of the molecule is CC1(C)COCCN1CCOc1cccc(B(O)O)c1. The average molecular weight is 279 g/mol. The van der Waals surface area contributed by atoms with Crippen molar-refractivity contribution in [2.45, 2.75) is 19.4 Å². The summed E-state index contributed by atoms with van der Waals surface area (Å²) < 4.78 is 11.2. The zero-order valence-electron chi connectivity index (χ0n) is 12.1. The van der Waals surface area contributed by atoms with Gasteiger partial charge in [-0.15, -0.1) is 0 Å². The van der Waals surface area contributed by atoms with Crippen molar-refractivity contribution in [3.63, 3.8) is 0 Å². The van der Waals surface area contributed by atoms with Crippen LogP contribution in [-0.2, 0) is 4.74 Å². The summed E-state index contributed by atoms with van der Waals surface area (Å²) in [6, 6.07) is 6.87. The van der Waals surface area contributed by atoms with Crippen LogP contribution in [0.5, 0.6) is 5.75 Å². The largest absolute Gasteiger partial charge is 0.492 e. The standard InChI is InChI=1S/C14H22BNO4/c1-14(2)11-19-8-6-16(14)7-9-20-13-5-3-4-12(10-13)15(17)18/h3-5,10,17-18H,6-9,11H2,1-2H3. The fraction of sp³-hybridized carbons (Fsp3) is 0.571. The van der Waals surface area contributed by atoms with Crippen molar-refractivity contribution in [1.29, 1.82) is 0 Å². The minimum Gasteiger partial charge on any atom is -0.492 e. The van der Waals surface area contributed by atoms with E-state index in [0.717, 1.165) is 26.3 Å². The molecule has 0 atom stereocenters. The lowest BCUT2D eigenvalue weighted by atomic mass is 9.80. The van der Waals surface area contributed by atoms with Crippen LogP contribution in [0.15, 0.2) is 24.3 Å². The lowest BCUT2D eigenvalue weighted by molar-refractivity contribution is -0.0547. The summed E-state index contributed by atoms with van der Waals surface area (Å²) >= 11 is 0. The molecule has 2 rings (SSSR count). The molecule has 1 aliphatic rings. The molecule has 20 heavy (non-hydrogen) atoms. The Bertz CT molecular complexity index is 439. The van der Waals surface area contributed by atoms with E-state index < -0.39 is 7.12 Å². The second kappa shape index (κ2) is 6.58. The Kier molecular flexibility index (Phi) is 5.04. The lowest BCUT2D eigenvalue weighted by Gasteiger charge is -2.41. The van der Waals surface area contributed by atoms with Crippen molar-refractivity contribution in [3.8, 4) is 5.75 Å². The van der Waals surface area contributed by atoms with E-state index in [9.17, 15) is 0 Å². The summed E-state index contributed by atoms with van der Waals surface area (Å²) in [6.07, 6.45) is 0. The number of ether oxygens (including phenoxy) is 2. The highest BCUT2D eigenvalue weighted by Crippen LogP contribution is 2.18. The summed E-state index contributed by atoms with van der Waals surface area (Å²) in [5, 5.41) is 18.2. The third-order valence-electron chi connectivity index (χ3n) is 3.60. The van der Waals surface area contributed by atoms with E-state index in [1.54, 1.807) is 18.2 Å². The smallest absolute Gasteiger partial charge is 0.488 e. The first-order valence-electron chi connectivity index (χ1n) is 6.91. The van der Waals surface area contributed by atoms with E-state index in [0.29, 0.717) is 17.8 Å². The highest BCUT2D eigenvalue weighted by atomic mass is 16.5. The van der Waals surface area contributed by atoms with Crippen molar-refractivity contribution in [3.05, 3.63) is 24.3 Å². The zero-order chi connectivity index (χ0) is 14.6. The van der Waals surface area contributed by atoms with Crippen molar-refractivity contribution in [2.24, 2.45) is 0 Å². The van der Waals surface area contributed by atoms with Crippen LogP contribution < -0.4 is 10.2 Å². The number of nitrogens with zero attached hydrogens (tertiary/aromatic N) is 1.